The second-order valence-electron chi connectivity index (χ2n) is 8.17. The molecule has 9 heteroatoms. The van der Waals surface area contributed by atoms with Gasteiger partial charge in [-0.15, -0.1) is 0 Å². The van der Waals surface area contributed by atoms with Gasteiger partial charge < -0.3 is 9.64 Å². The molecule has 0 spiro atoms. The fourth-order valence-corrected chi connectivity index (χ4v) is 3.80. The van der Waals surface area contributed by atoms with Gasteiger partial charge in [-0.05, 0) is 49.2 Å². The highest BCUT2D eigenvalue weighted by atomic mass is 19.1. The zero-order valence-corrected chi connectivity index (χ0v) is 19.4. The van der Waals surface area contributed by atoms with Gasteiger partial charge in [-0.3, -0.25) is 9.48 Å². The molecular weight excluding hydrogens is 457 g/mol. The van der Waals surface area contributed by atoms with E-state index in [1.165, 1.54) is 23.2 Å². The van der Waals surface area contributed by atoms with Crippen LogP contribution in [0.15, 0.2) is 54.9 Å². The predicted molar refractivity (Wildman–Crippen MR) is 124 cm³/mol. The summed E-state index contributed by atoms with van der Waals surface area (Å²) in [5, 5.41) is 4.28. The molecule has 0 saturated heterocycles. The molecule has 0 atom stereocenters. The summed E-state index contributed by atoms with van der Waals surface area (Å²) in [5.41, 5.74) is 3.81. The number of halogens is 3. The molecule has 2 aromatic carbocycles. The van der Waals surface area contributed by atoms with Crippen molar-refractivity contribution >= 4 is 6.41 Å². The predicted octanol–water partition coefficient (Wildman–Crippen LogP) is 5.47. The average Bonchev–Trinajstić information content (AvgIpc) is 3.17. The number of carbonyl (C=O) groups excluding carboxylic acids is 1. The molecule has 0 fully saturated rings. The third-order valence-corrected chi connectivity index (χ3v) is 5.66. The first-order valence-electron chi connectivity index (χ1n) is 10.8. The molecule has 0 radical (unpaired) electrons. The highest BCUT2D eigenvalue weighted by Crippen LogP contribution is 2.30. The van der Waals surface area contributed by atoms with Crippen LogP contribution in [-0.2, 0) is 24.9 Å². The molecule has 0 bridgehead atoms. The van der Waals surface area contributed by atoms with E-state index in [1.54, 1.807) is 36.9 Å². The SMILES string of the molecule is Cc1nn(C)cc1-c1ccc(CN(C=O)Cc2ccnc(Oc3c(F)cccc3F)c2C)c(F)c1. The fourth-order valence-electron chi connectivity index (χ4n) is 3.80. The van der Waals surface area contributed by atoms with E-state index in [1.807, 2.05) is 13.1 Å². The van der Waals surface area contributed by atoms with Crippen molar-refractivity contribution in [1.82, 2.24) is 19.7 Å². The summed E-state index contributed by atoms with van der Waals surface area (Å²) in [5.74, 6) is -2.70. The van der Waals surface area contributed by atoms with Crippen LogP contribution in [0.4, 0.5) is 13.2 Å². The van der Waals surface area contributed by atoms with Crippen molar-refractivity contribution in [3.8, 4) is 22.8 Å². The maximum absolute atomic E-state index is 14.9. The minimum absolute atomic E-state index is 0.0136. The minimum Gasteiger partial charge on any atom is -0.433 e. The number of nitrogens with zero attached hydrogens (tertiary/aromatic N) is 4. The molecule has 35 heavy (non-hydrogen) atoms. The number of hydrogen-bond donors (Lipinski definition) is 0. The Morgan fingerprint density at radius 3 is 2.34 bits per heavy atom. The molecule has 0 N–H and O–H groups in total. The first kappa shape index (κ1) is 24.0. The molecule has 1 amide bonds. The van der Waals surface area contributed by atoms with Gasteiger partial charge in [-0.2, -0.15) is 5.10 Å². The zero-order valence-electron chi connectivity index (χ0n) is 19.4. The number of pyridine rings is 1. The van der Waals surface area contributed by atoms with E-state index in [4.69, 9.17) is 4.74 Å². The summed E-state index contributed by atoms with van der Waals surface area (Å²) >= 11 is 0. The molecule has 0 aliphatic heterocycles. The number of aryl methyl sites for hydroxylation is 2. The molecule has 6 nitrogen and oxygen atoms in total. The van der Waals surface area contributed by atoms with E-state index in [2.05, 4.69) is 10.1 Å². The molecule has 180 valence electrons. The lowest BCUT2D eigenvalue weighted by atomic mass is 10.0. The number of carbonyl (C=O) groups is 1. The van der Waals surface area contributed by atoms with Crippen LogP contribution >= 0.6 is 0 Å². The lowest BCUT2D eigenvalue weighted by Crippen LogP contribution is -2.22. The third-order valence-electron chi connectivity index (χ3n) is 5.66. The van der Waals surface area contributed by atoms with Gasteiger partial charge in [0.2, 0.25) is 18.0 Å². The van der Waals surface area contributed by atoms with Crippen LogP contribution in [0.25, 0.3) is 11.1 Å². The van der Waals surface area contributed by atoms with E-state index in [0.717, 1.165) is 23.4 Å². The maximum atomic E-state index is 14.9. The number of aromatic nitrogens is 3. The highest BCUT2D eigenvalue weighted by Gasteiger charge is 2.17. The summed E-state index contributed by atoms with van der Waals surface area (Å²) in [6, 6.07) is 9.93. The highest BCUT2D eigenvalue weighted by molar-refractivity contribution is 5.65. The van der Waals surface area contributed by atoms with Crippen molar-refractivity contribution in [2.24, 2.45) is 7.05 Å². The van der Waals surface area contributed by atoms with Crippen LogP contribution in [0.2, 0.25) is 0 Å². The summed E-state index contributed by atoms with van der Waals surface area (Å²) in [4.78, 5) is 17.2. The molecular formula is C26H23F3N4O2. The van der Waals surface area contributed by atoms with Crippen LogP contribution in [-0.4, -0.2) is 26.1 Å². The Labute approximate surface area is 200 Å². The number of ether oxygens (including phenoxy) is 1. The van der Waals surface area contributed by atoms with Crippen molar-refractivity contribution in [2.75, 3.05) is 0 Å². The van der Waals surface area contributed by atoms with Crippen LogP contribution in [0, 0.1) is 31.3 Å². The molecule has 0 saturated carbocycles. The van der Waals surface area contributed by atoms with Crippen LogP contribution in [0.1, 0.15) is 22.4 Å². The monoisotopic (exact) mass is 480 g/mol. The molecule has 2 heterocycles. The second kappa shape index (κ2) is 10.0. The van der Waals surface area contributed by atoms with E-state index in [9.17, 15) is 18.0 Å². The minimum atomic E-state index is -0.855. The van der Waals surface area contributed by atoms with Crippen molar-refractivity contribution in [3.63, 3.8) is 0 Å². The number of para-hydroxylation sites is 1. The summed E-state index contributed by atoms with van der Waals surface area (Å²) < 4.78 is 49.9. The largest absolute Gasteiger partial charge is 0.433 e. The van der Waals surface area contributed by atoms with Crippen molar-refractivity contribution in [3.05, 3.63) is 94.7 Å². The first-order chi connectivity index (χ1) is 16.8. The van der Waals surface area contributed by atoms with E-state index in [0.29, 0.717) is 28.7 Å². The molecule has 0 aliphatic rings. The smallest absolute Gasteiger partial charge is 0.222 e. The van der Waals surface area contributed by atoms with Crippen LogP contribution in [0.3, 0.4) is 0 Å². The van der Waals surface area contributed by atoms with Crippen molar-refractivity contribution < 1.29 is 22.7 Å². The summed E-state index contributed by atoms with van der Waals surface area (Å²) in [7, 11) is 1.80. The van der Waals surface area contributed by atoms with Gasteiger partial charge in [-0.25, -0.2) is 18.2 Å². The molecule has 0 aliphatic carbocycles. The Morgan fingerprint density at radius 2 is 1.71 bits per heavy atom. The van der Waals surface area contributed by atoms with Crippen molar-refractivity contribution in [1.29, 1.82) is 0 Å². The van der Waals surface area contributed by atoms with Gasteiger partial charge in [0.05, 0.1) is 5.69 Å². The summed E-state index contributed by atoms with van der Waals surface area (Å²) in [6.45, 7) is 3.67. The number of amides is 1. The number of rotatable bonds is 8. The fraction of sp³-hybridized carbons (Fsp3) is 0.192. The van der Waals surface area contributed by atoms with Crippen LogP contribution < -0.4 is 4.74 Å². The quantitative estimate of drug-likeness (QED) is 0.314. The van der Waals surface area contributed by atoms with Crippen LogP contribution in [0.5, 0.6) is 11.6 Å². The Kier molecular flexibility index (Phi) is 6.86. The third kappa shape index (κ3) is 5.18. The van der Waals surface area contributed by atoms with Gasteiger partial charge in [0.25, 0.3) is 0 Å². The Hall–Kier alpha value is -4.14. The van der Waals surface area contributed by atoms with E-state index < -0.39 is 23.2 Å². The Bertz CT molecular complexity index is 1370. The molecule has 2 aromatic heterocycles. The normalized spacial score (nSPS) is 10.9. The topological polar surface area (TPSA) is 60.2 Å². The molecule has 4 rings (SSSR count). The Morgan fingerprint density at radius 1 is 1.00 bits per heavy atom. The van der Waals surface area contributed by atoms with Gasteiger partial charge >= 0.3 is 0 Å². The van der Waals surface area contributed by atoms with Gasteiger partial charge in [0.1, 0.15) is 5.82 Å². The molecule has 4 aromatic rings. The summed E-state index contributed by atoms with van der Waals surface area (Å²) in [6.07, 6.45) is 3.86. The van der Waals surface area contributed by atoms with Gasteiger partial charge in [0, 0.05) is 49.2 Å². The van der Waals surface area contributed by atoms with Gasteiger partial charge in [0.15, 0.2) is 11.6 Å². The number of benzene rings is 2. The lowest BCUT2D eigenvalue weighted by molar-refractivity contribution is -0.119. The molecule has 0 unspecified atom stereocenters. The van der Waals surface area contributed by atoms with Gasteiger partial charge in [-0.1, -0.05) is 18.2 Å². The standard InChI is InChI=1S/C26H23F3N4O2/c1-16-19(9-10-30-26(16)35-25-22(27)5-4-6-23(25)28)12-33(15-34)13-20-8-7-18(11-24(20)29)21-14-32(3)31-17(21)2/h4-11,14-15H,12-13H2,1-3H3. The van der Waals surface area contributed by atoms with Crippen molar-refractivity contribution in [2.45, 2.75) is 26.9 Å². The zero-order chi connectivity index (χ0) is 25.1. The lowest BCUT2D eigenvalue weighted by Gasteiger charge is -2.20. The average molecular weight is 480 g/mol. The van der Waals surface area contributed by atoms with E-state index in [-0.39, 0.29) is 19.0 Å². The van der Waals surface area contributed by atoms with E-state index >= 15 is 0 Å². The number of hydrogen-bond acceptors (Lipinski definition) is 4. The maximum Gasteiger partial charge on any atom is 0.222 e. The second-order valence-corrected chi connectivity index (χ2v) is 8.17. The first-order valence-corrected chi connectivity index (χ1v) is 10.8. The Balaban J connectivity index is 1.53.